The summed E-state index contributed by atoms with van der Waals surface area (Å²) < 4.78 is 4.04. The standard InChI is InChI=1S/C8H10Cl3NO.C5H9NO2/c1-5-6-3-2-4-12(6)7(13-5)8(9,10)11;7-5(8)4-2-1-3-6-4/h6-7H,1-4H2;4,6H,1-3H2,(H,7,8)/t6-,7+;4-/m11/s1. The molecule has 120 valence electrons. The molecule has 3 fully saturated rings. The summed E-state index contributed by atoms with van der Waals surface area (Å²) in [6.07, 6.45) is 3.49. The average molecular weight is 358 g/mol. The first kappa shape index (κ1) is 17.2. The Morgan fingerprint density at radius 3 is 2.57 bits per heavy atom. The second-order valence-corrected chi connectivity index (χ2v) is 7.73. The molecule has 0 saturated carbocycles. The highest BCUT2D eigenvalue weighted by atomic mass is 35.6. The molecule has 3 aliphatic rings. The van der Waals surface area contributed by atoms with E-state index in [4.69, 9.17) is 44.6 Å². The van der Waals surface area contributed by atoms with Gasteiger partial charge in [0.25, 0.3) is 0 Å². The van der Waals surface area contributed by atoms with Gasteiger partial charge in [0, 0.05) is 6.54 Å². The summed E-state index contributed by atoms with van der Waals surface area (Å²) in [5.74, 6) is 0.0105. The van der Waals surface area contributed by atoms with Crippen molar-refractivity contribution < 1.29 is 14.6 Å². The highest BCUT2D eigenvalue weighted by molar-refractivity contribution is 6.68. The number of rotatable bonds is 1. The van der Waals surface area contributed by atoms with Crippen LogP contribution in [-0.2, 0) is 9.53 Å². The minimum Gasteiger partial charge on any atom is -0.480 e. The van der Waals surface area contributed by atoms with E-state index < -0.39 is 16.0 Å². The van der Waals surface area contributed by atoms with E-state index in [0.717, 1.165) is 44.5 Å². The Morgan fingerprint density at radius 2 is 2.10 bits per heavy atom. The third kappa shape index (κ3) is 4.17. The molecule has 3 atom stereocenters. The second kappa shape index (κ2) is 6.92. The number of carbonyl (C=O) groups is 1. The summed E-state index contributed by atoms with van der Waals surface area (Å²) in [4.78, 5) is 12.2. The molecule has 8 heteroatoms. The van der Waals surface area contributed by atoms with Gasteiger partial charge in [-0.05, 0) is 32.2 Å². The Morgan fingerprint density at radius 1 is 1.38 bits per heavy atom. The van der Waals surface area contributed by atoms with Crippen LogP contribution in [0.25, 0.3) is 0 Å². The first-order chi connectivity index (χ1) is 9.80. The number of ether oxygens (including phenoxy) is 1. The van der Waals surface area contributed by atoms with Crippen LogP contribution in [0.1, 0.15) is 25.7 Å². The van der Waals surface area contributed by atoms with Crippen molar-refractivity contribution in [2.45, 2.75) is 47.8 Å². The average Bonchev–Trinajstić information content (AvgIpc) is 3.06. The molecule has 3 heterocycles. The van der Waals surface area contributed by atoms with Crippen molar-refractivity contribution in [1.29, 1.82) is 0 Å². The third-order valence-corrected chi connectivity index (χ3v) is 4.43. The number of aliphatic carboxylic acids is 1. The highest BCUT2D eigenvalue weighted by Crippen LogP contribution is 2.44. The van der Waals surface area contributed by atoms with Crippen LogP contribution in [0.5, 0.6) is 0 Å². The van der Waals surface area contributed by atoms with Gasteiger partial charge < -0.3 is 15.2 Å². The lowest BCUT2D eigenvalue weighted by atomic mass is 10.2. The number of fused-ring (bicyclic) bond motifs is 1. The Balaban J connectivity index is 0.000000173. The van der Waals surface area contributed by atoms with Gasteiger partial charge in [-0.1, -0.05) is 41.4 Å². The maximum atomic E-state index is 10.1. The maximum Gasteiger partial charge on any atom is 0.320 e. The number of carboxylic acid groups (broad SMARTS) is 1. The van der Waals surface area contributed by atoms with Gasteiger partial charge in [0.05, 0.1) is 6.04 Å². The van der Waals surface area contributed by atoms with Crippen LogP contribution in [0.3, 0.4) is 0 Å². The summed E-state index contributed by atoms with van der Waals surface area (Å²) in [6, 6.07) is -0.0179. The molecule has 3 aliphatic heterocycles. The SMILES string of the molecule is C=C1O[C@@H](C(Cl)(Cl)Cl)N2CCC[C@H]12.O=C(O)[C@H]1CCCN1. The lowest BCUT2D eigenvalue weighted by Gasteiger charge is -2.26. The van der Waals surface area contributed by atoms with Crippen LogP contribution in [0.2, 0.25) is 0 Å². The molecule has 0 aromatic heterocycles. The Kier molecular flexibility index (Phi) is 5.65. The van der Waals surface area contributed by atoms with E-state index in [1.54, 1.807) is 0 Å². The van der Waals surface area contributed by atoms with Gasteiger partial charge in [-0.2, -0.15) is 0 Å². The molecular weight excluding hydrogens is 339 g/mol. The second-order valence-electron chi connectivity index (χ2n) is 5.36. The molecule has 0 bridgehead atoms. The molecule has 0 aliphatic carbocycles. The summed E-state index contributed by atoms with van der Waals surface area (Å²) in [5, 5.41) is 11.2. The van der Waals surface area contributed by atoms with E-state index >= 15 is 0 Å². The molecule has 0 spiro atoms. The van der Waals surface area contributed by atoms with Crippen molar-refractivity contribution in [3.8, 4) is 0 Å². The number of hydrogen-bond acceptors (Lipinski definition) is 4. The summed E-state index contributed by atoms with van der Waals surface area (Å²) >= 11 is 17.4. The zero-order valence-electron chi connectivity index (χ0n) is 11.5. The number of halogens is 3. The van der Waals surface area contributed by atoms with Crippen LogP contribution in [0.4, 0.5) is 0 Å². The topological polar surface area (TPSA) is 61.8 Å². The fourth-order valence-electron chi connectivity index (χ4n) is 2.86. The molecule has 0 aromatic rings. The van der Waals surface area contributed by atoms with E-state index in [9.17, 15) is 4.79 Å². The molecule has 0 aromatic carbocycles. The van der Waals surface area contributed by atoms with E-state index in [1.807, 2.05) is 0 Å². The molecular formula is C13H19Cl3N2O3. The van der Waals surface area contributed by atoms with Crippen LogP contribution < -0.4 is 5.32 Å². The summed E-state index contributed by atoms with van der Waals surface area (Å²) in [6.45, 7) is 5.60. The van der Waals surface area contributed by atoms with Crippen LogP contribution >= 0.6 is 34.8 Å². The van der Waals surface area contributed by atoms with Crippen LogP contribution in [-0.4, -0.2) is 51.2 Å². The van der Waals surface area contributed by atoms with Crippen LogP contribution in [0.15, 0.2) is 12.3 Å². The van der Waals surface area contributed by atoms with Gasteiger partial charge in [0.1, 0.15) is 11.8 Å². The van der Waals surface area contributed by atoms with E-state index in [-0.39, 0.29) is 12.1 Å². The van der Waals surface area contributed by atoms with Gasteiger partial charge >= 0.3 is 5.97 Å². The fraction of sp³-hybridized carbons (Fsp3) is 0.769. The van der Waals surface area contributed by atoms with Crippen molar-refractivity contribution in [3.63, 3.8) is 0 Å². The van der Waals surface area contributed by atoms with E-state index in [1.165, 1.54) is 0 Å². The molecule has 2 N–H and O–H groups in total. The molecule has 0 amide bonds. The highest BCUT2D eigenvalue weighted by Gasteiger charge is 2.50. The fourth-order valence-corrected chi connectivity index (χ4v) is 3.36. The Labute approximate surface area is 139 Å². The lowest BCUT2D eigenvalue weighted by molar-refractivity contribution is -0.139. The van der Waals surface area contributed by atoms with E-state index in [0.29, 0.717) is 0 Å². The predicted molar refractivity (Wildman–Crippen MR) is 82.7 cm³/mol. The van der Waals surface area contributed by atoms with Crippen molar-refractivity contribution in [2.24, 2.45) is 0 Å². The van der Waals surface area contributed by atoms with E-state index in [2.05, 4.69) is 16.8 Å². The number of nitrogens with zero attached hydrogens (tertiary/aromatic N) is 1. The zero-order valence-corrected chi connectivity index (χ0v) is 13.8. The third-order valence-electron chi connectivity index (χ3n) is 3.87. The number of nitrogens with one attached hydrogen (secondary N) is 1. The molecule has 3 saturated heterocycles. The van der Waals surface area contributed by atoms with Crippen molar-refractivity contribution in [1.82, 2.24) is 10.2 Å². The molecule has 3 rings (SSSR count). The quantitative estimate of drug-likeness (QED) is 0.706. The van der Waals surface area contributed by atoms with Gasteiger partial charge in [-0.25, -0.2) is 0 Å². The van der Waals surface area contributed by atoms with Gasteiger partial charge in [-0.15, -0.1) is 0 Å². The molecule has 5 nitrogen and oxygen atoms in total. The number of carboxylic acids is 1. The monoisotopic (exact) mass is 356 g/mol. The minimum absolute atomic E-state index is 0.251. The minimum atomic E-state index is -1.39. The molecule has 0 radical (unpaired) electrons. The van der Waals surface area contributed by atoms with Crippen molar-refractivity contribution in [3.05, 3.63) is 12.3 Å². The summed E-state index contributed by atoms with van der Waals surface area (Å²) in [5.41, 5.74) is 0. The zero-order chi connectivity index (χ0) is 15.6. The normalized spacial score (nSPS) is 32.3. The Bertz CT molecular complexity index is 408. The van der Waals surface area contributed by atoms with Gasteiger partial charge in [0.15, 0.2) is 6.23 Å². The van der Waals surface area contributed by atoms with Gasteiger partial charge in [0.2, 0.25) is 3.79 Å². The maximum absolute atomic E-state index is 10.1. The summed E-state index contributed by atoms with van der Waals surface area (Å²) in [7, 11) is 0. The number of hydrogen-bond donors (Lipinski definition) is 2. The number of alkyl halides is 3. The Hall–Kier alpha value is -0.200. The molecule has 21 heavy (non-hydrogen) atoms. The molecule has 0 unspecified atom stereocenters. The van der Waals surface area contributed by atoms with Crippen molar-refractivity contribution in [2.75, 3.05) is 13.1 Å². The van der Waals surface area contributed by atoms with Crippen LogP contribution in [0, 0.1) is 0 Å². The largest absolute Gasteiger partial charge is 0.480 e. The van der Waals surface area contributed by atoms with Gasteiger partial charge in [-0.3, -0.25) is 9.69 Å². The first-order valence-electron chi connectivity index (χ1n) is 6.95. The predicted octanol–water partition coefficient (Wildman–Crippen LogP) is 2.51. The lowest BCUT2D eigenvalue weighted by Crippen LogP contribution is -2.40. The van der Waals surface area contributed by atoms with Crippen molar-refractivity contribution >= 4 is 40.8 Å². The smallest absolute Gasteiger partial charge is 0.320 e. The first-order valence-corrected chi connectivity index (χ1v) is 8.08.